The van der Waals surface area contributed by atoms with Crippen LogP contribution in [0, 0.1) is 0 Å². The van der Waals surface area contributed by atoms with Gasteiger partial charge in [0.1, 0.15) is 23.9 Å². The van der Waals surface area contributed by atoms with E-state index in [4.69, 9.17) is 25.7 Å². The zero-order valence-electron chi connectivity index (χ0n) is 14.6. The molecule has 0 aliphatic rings. The first-order valence-corrected chi connectivity index (χ1v) is 8.35. The number of carbonyl (C=O) groups excluding carboxylic acids is 1. The fourth-order valence-corrected chi connectivity index (χ4v) is 2.34. The Morgan fingerprint density at radius 1 is 0.815 bits per heavy atom. The molecule has 0 heterocycles. The quantitative estimate of drug-likeness (QED) is 0.596. The summed E-state index contributed by atoms with van der Waals surface area (Å²) in [5, 5.41) is 0. The van der Waals surface area contributed by atoms with Gasteiger partial charge < -0.3 is 25.7 Å². The van der Waals surface area contributed by atoms with Crippen LogP contribution < -0.4 is 25.7 Å². The highest BCUT2D eigenvalue weighted by Gasteiger charge is 2.06. The second kappa shape index (κ2) is 8.62. The van der Waals surface area contributed by atoms with Crippen LogP contribution in [-0.2, 0) is 11.4 Å². The van der Waals surface area contributed by atoms with Crippen LogP contribution in [0.15, 0.2) is 72.8 Å². The van der Waals surface area contributed by atoms with E-state index in [1.165, 1.54) is 0 Å². The molecular formula is C21H20N2O4. The van der Waals surface area contributed by atoms with Crippen LogP contribution in [0.3, 0.4) is 0 Å². The van der Waals surface area contributed by atoms with Crippen LogP contribution in [0.5, 0.6) is 23.0 Å². The fourth-order valence-electron chi connectivity index (χ4n) is 2.34. The van der Waals surface area contributed by atoms with Gasteiger partial charge in [-0.2, -0.15) is 0 Å². The summed E-state index contributed by atoms with van der Waals surface area (Å²) in [7, 11) is 0. The lowest BCUT2D eigenvalue weighted by Crippen LogP contribution is -2.20. The molecule has 6 nitrogen and oxygen atoms in total. The number of primary amides is 1. The number of benzene rings is 3. The molecule has 138 valence electrons. The van der Waals surface area contributed by atoms with Crippen LogP contribution in [0.1, 0.15) is 5.56 Å². The van der Waals surface area contributed by atoms with Gasteiger partial charge in [0.2, 0.25) is 0 Å². The number of carbonyl (C=O) groups is 1. The van der Waals surface area contributed by atoms with Crippen molar-refractivity contribution in [1.82, 2.24) is 0 Å². The Balaban J connectivity index is 1.58. The molecule has 4 N–H and O–H groups in total. The minimum Gasteiger partial charge on any atom is -0.489 e. The van der Waals surface area contributed by atoms with Gasteiger partial charge in [-0.3, -0.25) is 4.79 Å². The van der Waals surface area contributed by atoms with Crippen LogP contribution in [0.25, 0.3) is 0 Å². The SMILES string of the molecule is NC(=O)COc1ccc(Oc2ccc(OCc3ccccc3)cc2)c(N)c1. The topological polar surface area (TPSA) is 96.8 Å². The summed E-state index contributed by atoms with van der Waals surface area (Å²) < 4.78 is 16.7. The average Bonchev–Trinajstić information content (AvgIpc) is 2.68. The Kier molecular flexibility index (Phi) is 5.79. The number of nitrogens with two attached hydrogens (primary N) is 2. The van der Waals surface area contributed by atoms with E-state index in [1.807, 2.05) is 42.5 Å². The standard InChI is InChI=1S/C21H20N2O4/c22-19-12-18(26-14-21(23)24)10-11-20(19)27-17-8-6-16(7-9-17)25-13-15-4-2-1-3-5-15/h1-12H,13-14,22H2,(H2,23,24). The molecule has 27 heavy (non-hydrogen) atoms. The molecule has 0 atom stereocenters. The van der Waals surface area contributed by atoms with E-state index in [9.17, 15) is 4.79 Å². The number of anilines is 1. The second-order valence-electron chi connectivity index (χ2n) is 5.80. The molecule has 0 unspecified atom stereocenters. The summed E-state index contributed by atoms with van der Waals surface area (Å²) in [6.45, 7) is 0.296. The third-order valence-corrected chi connectivity index (χ3v) is 3.66. The molecule has 0 fully saturated rings. The highest BCUT2D eigenvalue weighted by Crippen LogP contribution is 2.31. The van der Waals surface area contributed by atoms with Crippen molar-refractivity contribution in [3.05, 3.63) is 78.4 Å². The summed E-state index contributed by atoms with van der Waals surface area (Å²) in [5.41, 5.74) is 12.5. The molecule has 3 rings (SSSR count). The van der Waals surface area contributed by atoms with Gasteiger partial charge in [-0.15, -0.1) is 0 Å². The maximum atomic E-state index is 10.8. The smallest absolute Gasteiger partial charge is 0.255 e. The summed E-state index contributed by atoms with van der Waals surface area (Å²) in [4.78, 5) is 10.8. The molecule has 0 aliphatic carbocycles. The Hall–Kier alpha value is -3.67. The van der Waals surface area contributed by atoms with E-state index in [2.05, 4.69) is 0 Å². The van der Waals surface area contributed by atoms with E-state index in [0.29, 0.717) is 29.5 Å². The number of hydrogen-bond acceptors (Lipinski definition) is 5. The minimum absolute atomic E-state index is 0.204. The molecule has 1 amide bonds. The fraction of sp³-hybridized carbons (Fsp3) is 0.0952. The zero-order valence-corrected chi connectivity index (χ0v) is 14.6. The highest BCUT2D eigenvalue weighted by atomic mass is 16.5. The van der Waals surface area contributed by atoms with E-state index in [1.54, 1.807) is 30.3 Å². The Morgan fingerprint density at radius 3 is 2.15 bits per heavy atom. The predicted molar refractivity (Wildman–Crippen MR) is 103 cm³/mol. The minimum atomic E-state index is -0.552. The van der Waals surface area contributed by atoms with Crippen LogP contribution >= 0.6 is 0 Å². The van der Waals surface area contributed by atoms with Gasteiger partial charge in [0, 0.05) is 6.07 Å². The molecule has 0 saturated carbocycles. The van der Waals surface area contributed by atoms with Gasteiger partial charge in [0.25, 0.3) is 5.91 Å². The third-order valence-electron chi connectivity index (χ3n) is 3.66. The lowest BCUT2D eigenvalue weighted by molar-refractivity contribution is -0.119. The maximum absolute atomic E-state index is 10.8. The van der Waals surface area contributed by atoms with Gasteiger partial charge in [0.05, 0.1) is 5.69 Å². The van der Waals surface area contributed by atoms with Crippen LogP contribution in [-0.4, -0.2) is 12.5 Å². The van der Waals surface area contributed by atoms with Crippen molar-refractivity contribution in [2.45, 2.75) is 6.61 Å². The molecule has 0 aromatic heterocycles. The van der Waals surface area contributed by atoms with Gasteiger partial charge in [-0.25, -0.2) is 0 Å². The van der Waals surface area contributed by atoms with E-state index in [0.717, 1.165) is 11.3 Å². The molecular weight excluding hydrogens is 344 g/mol. The van der Waals surface area contributed by atoms with Crippen molar-refractivity contribution < 1.29 is 19.0 Å². The lowest BCUT2D eigenvalue weighted by Gasteiger charge is -2.11. The number of rotatable bonds is 8. The molecule has 0 saturated heterocycles. The first-order chi connectivity index (χ1) is 13.1. The second-order valence-corrected chi connectivity index (χ2v) is 5.80. The largest absolute Gasteiger partial charge is 0.489 e. The maximum Gasteiger partial charge on any atom is 0.255 e. The van der Waals surface area contributed by atoms with Gasteiger partial charge >= 0.3 is 0 Å². The molecule has 0 bridgehead atoms. The monoisotopic (exact) mass is 364 g/mol. The Labute approximate surface area is 157 Å². The highest BCUT2D eigenvalue weighted by molar-refractivity contribution is 5.75. The van der Waals surface area contributed by atoms with Crippen molar-refractivity contribution in [3.63, 3.8) is 0 Å². The molecule has 0 radical (unpaired) electrons. The van der Waals surface area contributed by atoms with Gasteiger partial charge in [-0.05, 0) is 42.0 Å². The van der Waals surface area contributed by atoms with Gasteiger partial charge in [0.15, 0.2) is 12.4 Å². The van der Waals surface area contributed by atoms with Crippen LogP contribution in [0.4, 0.5) is 5.69 Å². The predicted octanol–water partition coefficient (Wildman–Crippen LogP) is 3.50. The zero-order chi connectivity index (χ0) is 19.1. The number of hydrogen-bond donors (Lipinski definition) is 2. The number of nitrogen functional groups attached to an aromatic ring is 1. The molecule has 3 aromatic rings. The van der Waals surface area contributed by atoms with Crippen molar-refractivity contribution >= 4 is 11.6 Å². The first kappa shape index (κ1) is 18.1. The molecule has 0 spiro atoms. The summed E-state index contributed by atoms with van der Waals surface area (Å²) in [6.07, 6.45) is 0. The van der Waals surface area contributed by atoms with E-state index in [-0.39, 0.29) is 6.61 Å². The molecule has 0 aliphatic heterocycles. The summed E-state index contributed by atoms with van der Waals surface area (Å²) in [6, 6.07) is 22.1. The summed E-state index contributed by atoms with van der Waals surface area (Å²) in [5.74, 6) is 1.75. The Bertz CT molecular complexity index is 896. The molecule has 6 heteroatoms. The number of amides is 1. The van der Waals surface area contributed by atoms with Crippen LogP contribution in [0.2, 0.25) is 0 Å². The van der Waals surface area contributed by atoms with Crippen molar-refractivity contribution in [2.75, 3.05) is 12.3 Å². The molecule has 3 aromatic carbocycles. The normalized spacial score (nSPS) is 10.2. The van der Waals surface area contributed by atoms with Crippen molar-refractivity contribution in [2.24, 2.45) is 5.73 Å². The average molecular weight is 364 g/mol. The van der Waals surface area contributed by atoms with Crippen molar-refractivity contribution in [3.8, 4) is 23.0 Å². The Morgan fingerprint density at radius 2 is 1.48 bits per heavy atom. The van der Waals surface area contributed by atoms with Gasteiger partial charge in [-0.1, -0.05) is 30.3 Å². The summed E-state index contributed by atoms with van der Waals surface area (Å²) >= 11 is 0. The third kappa shape index (κ3) is 5.40. The first-order valence-electron chi connectivity index (χ1n) is 8.35. The van der Waals surface area contributed by atoms with E-state index < -0.39 is 5.91 Å². The number of ether oxygens (including phenoxy) is 3. The van der Waals surface area contributed by atoms with E-state index >= 15 is 0 Å². The lowest BCUT2D eigenvalue weighted by atomic mass is 10.2. The van der Waals surface area contributed by atoms with Crippen molar-refractivity contribution in [1.29, 1.82) is 0 Å².